The zero-order chi connectivity index (χ0) is 13.2. The van der Waals surface area contributed by atoms with Crippen LogP contribution in [0.1, 0.15) is 43.0 Å². The minimum Gasteiger partial charge on any atom is -0.462 e. The van der Waals surface area contributed by atoms with Gasteiger partial charge in [0.1, 0.15) is 5.82 Å². The molecule has 0 unspecified atom stereocenters. The zero-order valence-electron chi connectivity index (χ0n) is 10.7. The Morgan fingerprint density at radius 3 is 2.56 bits per heavy atom. The Hall–Kier alpha value is -1.64. The highest BCUT2D eigenvalue weighted by Crippen LogP contribution is 2.05. The summed E-state index contributed by atoms with van der Waals surface area (Å²) in [5.74, 6) is -0.750. The van der Waals surface area contributed by atoms with Crippen molar-refractivity contribution in [3.05, 3.63) is 47.8 Å². The van der Waals surface area contributed by atoms with Crippen molar-refractivity contribution in [2.24, 2.45) is 0 Å². The van der Waals surface area contributed by atoms with Gasteiger partial charge in [0.25, 0.3) is 0 Å². The lowest BCUT2D eigenvalue weighted by molar-refractivity contribution is 0.0501. The fraction of sp³-hybridized carbons (Fsp3) is 0.400. The first-order valence-electron chi connectivity index (χ1n) is 6.31. The molecule has 0 amide bonds. The fourth-order valence-electron chi connectivity index (χ4n) is 1.44. The molecular formula is C15H19FO2. The van der Waals surface area contributed by atoms with Crippen molar-refractivity contribution in [3.8, 4) is 0 Å². The van der Waals surface area contributed by atoms with Gasteiger partial charge in [0.15, 0.2) is 0 Å². The van der Waals surface area contributed by atoms with Gasteiger partial charge in [-0.15, -0.1) is 0 Å². The van der Waals surface area contributed by atoms with Gasteiger partial charge in [0.2, 0.25) is 0 Å². The molecule has 0 radical (unpaired) electrons. The van der Waals surface area contributed by atoms with Gasteiger partial charge in [-0.25, -0.2) is 9.18 Å². The molecule has 0 aliphatic heterocycles. The van der Waals surface area contributed by atoms with Crippen LogP contribution in [0.5, 0.6) is 0 Å². The first-order valence-corrected chi connectivity index (χ1v) is 6.31. The van der Waals surface area contributed by atoms with Gasteiger partial charge in [0.05, 0.1) is 12.2 Å². The maximum atomic E-state index is 12.6. The van der Waals surface area contributed by atoms with Crippen LogP contribution in [0.3, 0.4) is 0 Å². The maximum absolute atomic E-state index is 12.6. The van der Waals surface area contributed by atoms with Crippen molar-refractivity contribution in [1.82, 2.24) is 0 Å². The van der Waals surface area contributed by atoms with E-state index in [1.807, 2.05) is 0 Å². The quantitative estimate of drug-likeness (QED) is 0.413. The lowest BCUT2D eigenvalue weighted by atomic mass is 10.2. The van der Waals surface area contributed by atoms with E-state index in [4.69, 9.17) is 4.74 Å². The lowest BCUT2D eigenvalue weighted by Gasteiger charge is -2.03. The first-order chi connectivity index (χ1) is 8.74. The second-order valence-electron chi connectivity index (χ2n) is 4.05. The molecule has 1 aromatic rings. The number of carbonyl (C=O) groups is 1. The van der Waals surface area contributed by atoms with Crippen LogP contribution >= 0.6 is 0 Å². The average Bonchev–Trinajstić information content (AvgIpc) is 2.38. The molecule has 0 heterocycles. The Balaban J connectivity index is 2.19. The van der Waals surface area contributed by atoms with Crippen LogP contribution in [0, 0.1) is 5.82 Å². The van der Waals surface area contributed by atoms with Crippen molar-refractivity contribution in [2.75, 3.05) is 6.61 Å². The van der Waals surface area contributed by atoms with Crippen LogP contribution < -0.4 is 0 Å². The second-order valence-corrected chi connectivity index (χ2v) is 4.05. The summed E-state index contributed by atoms with van der Waals surface area (Å²) in [6, 6.07) is 5.37. The van der Waals surface area contributed by atoms with E-state index in [-0.39, 0.29) is 5.82 Å². The standard InChI is InChI=1S/C15H19FO2/c1-2-3-4-5-6-7-12-18-15(17)13-8-10-14(16)11-9-13/h4-5,8-11H,2-3,6-7,12H2,1H3/b5-4+. The molecule has 1 rings (SSSR count). The molecule has 0 fully saturated rings. The third-order valence-corrected chi connectivity index (χ3v) is 2.45. The number of benzene rings is 1. The van der Waals surface area contributed by atoms with E-state index < -0.39 is 5.97 Å². The number of hydrogen-bond donors (Lipinski definition) is 0. The SMILES string of the molecule is CCC/C=C/CCCOC(=O)c1ccc(F)cc1. The summed E-state index contributed by atoms with van der Waals surface area (Å²) < 4.78 is 17.7. The minimum atomic E-state index is -0.396. The first kappa shape index (κ1) is 14.4. The monoisotopic (exact) mass is 250 g/mol. The largest absolute Gasteiger partial charge is 0.462 e. The van der Waals surface area contributed by atoms with Crippen LogP contribution in [0.4, 0.5) is 4.39 Å². The molecule has 0 atom stereocenters. The number of unbranched alkanes of at least 4 members (excludes halogenated alkanes) is 2. The van der Waals surface area contributed by atoms with E-state index in [2.05, 4.69) is 19.1 Å². The van der Waals surface area contributed by atoms with Gasteiger partial charge in [-0.2, -0.15) is 0 Å². The van der Waals surface area contributed by atoms with E-state index in [9.17, 15) is 9.18 Å². The molecule has 0 aliphatic carbocycles. The van der Waals surface area contributed by atoms with Crippen molar-refractivity contribution >= 4 is 5.97 Å². The average molecular weight is 250 g/mol. The number of allylic oxidation sites excluding steroid dienone is 2. The van der Waals surface area contributed by atoms with E-state index >= 15 is 0 Å². The van der Waals surface area contributed by atoms with Gasteiger partial charge in [-0.3, -0.25) is 0 Å². The van der Waals surface area contributed by atoms with Gasteiger partial charge < -0.3 is 4.74 Å². The predicted octanol–water partition coefficient (Wildman–Crippen LogP) is 4.12. The van der Waals surface area contributed by atoms with E-state index in [1.165, 1.54) is 24.3 Å². The highest BCUT2D eigenvalue weighted by Gasteiger charge is 2.05. The Kier molecular flexibility index (Phi) is 6.77. The molecule has 0 saturated carbocycles. The number of halogens is 1. The molecule has 98 valence electrons. The third kappa shape index (κ3) is 5.62. The van der Waals surface area contributed by atoms with Gasteiger partial charge >= 0.3 is 5.97 Å². The number of carbonyl (C=O) groups excluding carboxylic acids is 1. The minimum absolute atomic E-state index is 0.354. The van der Waals surface area contributed by atoms with Crippen molar-refractivity contribution < 1.29 is 13.9 Å². The molecule has 0 aliphatic rings. The lowest BCUT2D eigenvalue weighted by Crippen LogP contribution is -2.06. The molecule has 3 heteroatoms. The van der Waals surface area contributed by atoms with E-state index in [0.717, 1.165) is 25.7 Å². The highest BCUT2D eigenvalue weighted by atomic mass is 19.1. The molecule has 0 spiro atoms. The summed E-state index contributed by atoms with van der Waals surface area (Å²) in [5.41, 5.74) is 0.387. The van der Waals surface area contributed by atoms with Crippen molar-refractivity contribution in [1.29, 1.82) is 0 Å². The van der Waals surface area contributed by atoms with Crippen LogP contribution in [0.2, 0.25) is 0 Å². The molecule has 0 bridgehead atoms. The maximum Gasteiger partial charge on any atom is 0.338 e. The van der Waals surface area contributed by atoms with Crippen LogP contribution in [0.25, 0.3) is 0 Å². The number of rotatable bonds is 7. The summed E-state index contributed by atoms with van der Waals surface area (Å²) in [6.07, 6.45) is 8.21. The molecule has 0 aromatic heterocycles. The zero-order valence-corrected chi connectivity index (χ0v) is 10.7. The fourth-order valence-corrected chi connectivity index (χ4v) is 1.44. The number of hydrogen-bond acceptors (Lipinski definition) is 2. The molecule has 18 heavy (non-hydrogen) atoms. The highest BCUT2D eigenvalue weighted by molar-refractivity contribution is 5.89. The van der Waals surface area contributed by atoms with Crippen LogP contribution in [-0.2, 0) is 4.74 Å². The summed E-state index contributed by atoms with van der Waals surface area (Å²) in [4.78, 5) is 11.5. The Morgan fingerprint density at radius 1 is 1.22 bits per heavy atom. The van der Waals surface area contributed by atoms with Gasteiger partial charge in [0, 0.05) is 0 Å². The molecule has 1 aromatic carbocycles. The normalized spacial score (nSPS) is 10.8. The van der Waals surface area contributed by atoms with Gasteiger partial charge in [-0.1, -0.05) is 25.5 Å². The summed E-state index contributed by atoms with van der Waals surface area (Å²) in [5, 5.41) is 0. The Morgan fingerprint density at radius 2 is 1.89 bits per heavy atom. The molecule has 0 saturated heterocycles. The number of esters is 1. The van der Waals surface area contributed by atoms with E-state index in [0.29, 0.717) is 12.2 Å². The summed E-state index contributed by atoms with van der Waals surface area (Å²) >= 11 is 0. The number of ether oxygens (including phenoxy) is 1. The molecule has 2 nitrogen and oxygen atoms in total. The summed E-state index contributed by atoms with van der Waals surface area (Å²) in [7, 11) is 0. The molecular weight excluding hydrogens is 231 g/mol. The van der Waals surface area contributed by atoms with Crippen molar-refractivity contribution in [3.63, 3.8) is 0 Å². The van der Waals surface area contributed by atoms with Gasteiger partial charge in [-0.05, 0) is 43.5 Å². The van der Waals surface area contributed by atoms with E-state index in [1.54, 1.807) is 0 Å². The molecule has 0 N–H and O–H groups in total. The summed E-state index contributed by atoms with van der Waals surface area (Å²) in [6.45, 7) is 2.53. The third-order valence-electron chi connectivity index (χ3n) is 2.45. The van der Waals surface area contributed by atoms with Crippen LogP contribution in [-0.4, -0.2) is 12.6 Å². The second kappa shape index (κ2) is 8.45. The Bertz CT molecular complexity index is 382. The predicted molar refractivity (Wildman–Crippen MR) is 70.0 cm³/mol. The Labute approximate surface area is 107 Å². The topological polar surface area (TPSA) is 26.3 Å². The van der Waals surface area contributed by atoms with Crippen LogP contribution in [0.15, 0.2) is 36.4 Å². The smallest absolute Gasteiger partial charge is 0.338 e. The van der Waals surface area contributed by atoms with Crippen molar-refractivity contribution in [2.45, 2.75) is 32.6 Å².